The summed E-state index contributed by atoms with van der Waals surface area (Å²) in [4.78, 5) is 16.4. The zero-order valence-corrected chi connectivity index (χ0v) is 10.2. The Kier molecular flexibility index (Phi) is 2.36. The fourth-order valence-corrected chi connectivity index (χ4v) is 2.90. The van der Waals surface area contributed by atoms with Crippen molar-refractivity contribution < 1.29 is 9.53 Å². The lowest BCUT2D eigenvalue weighted by Gasteiger charge is -2.35. The lowest BCUT2D eigenvalue weighted by molar-refractivity contribution is -0.125. The predicted octanol–water partition coefficient (Wildman–Crippen LogP) is 1.51. The highest BCUT2D eigenvalue weighted by molar-refractivity contribution is 7.99. The van der Waals surface area contributed by atoms with Crippen LogP contribution < -0.4 is 10.1 Å². The number of carbonyl (C=O) groups excluding carboxylic acids is 1. The molecule has 3 rings (SSSR count). The van der Waals surface area contributed by atoms with Gasteiger partial charge in [0.1, 0.15) is 11.2 Å². The van der Waals surface area contributed by atoms with Crippen molar-refractivity contribution in [2.45, 2.75) is 17.4 Å². The van der Waals surface area contributed by atoms with Gasteiger partial charge in [-0.15, -0.1) is 11.8 Å². The van der Waals surface area contributed by atoms with Crippen molar-refractivity contribution in [1.29, 1.82) is 0 Å². The van der Waals surface area contributed by atoms with Gasteiger partial charge in [-0.2, -0.15) is 0 Å². The topological polar surface area (TPSA) is 50.7 Å². The van der Waals surface area contributed by atoms with E-state index in [0.717, 1.165) is 11.3 Å². The Balaban J connectivity index is 2.16. The molecule has 1 spiro atoms. The molecule has 2 aliphatic heterocycles. The Bertz CT molecular complexity index is 503. The van der Waals surface area contributed by atoms with Crippen LogP contribution in [0.25, 0.3) is 0 Å². The third-order valence-electron chi connectivity index (χ3n) is 3.17. The summed E-state index contributed by atoms with van der Waals surface area (Å²) >= 11 is 1.60. The second-order valence-corrected chi connectivity index (χ2v) is 5.07. The van der Waals surface area contributed by atoms with Crippen LogP contribution in [0.15, 0.2) is 29.3 Å². The van der Waals surface area contributed by atoms with Crippen LogP contribution in [0.5, 0.6) is 5.75 Å². The molecule has 2 atom stereocenters. The number of nitrogens with zero attached hydrogens (tertiary/aromatic N) is 1. The van der Waals surface area contributed by atoms with E-state index < -0.39 is 5.54 Å². The van der Waals surface area contributed by atoms with Gasteiger partial charge in [0, 0.05) is 12.0 Å². The van der Waals surface area contributed by atoms with Crippen LogP contribution in [0, 0.1) is 0 Å². The van der Waals surface area contributed by atoms with Crippen molar-refractivity contribution in [3.8, 4) is 5.75 Å². The number of carbonyl (C=O) groups is 1. The molecule has 0 aliphatic carbocycles. The van der Waals surface area contributed by atoms with Crippen LogP contribution in [0.1, 0.15) is 12.0 Å². The third-order valence-corrected chi connectivity index (χ3v) is 3.96. The number of benzene rings is 1. The van der Waals surface area contributed by atoms with Gasteiger partial charge in [0.2, 0.25) is 0 Å². The van der Waals surface area contributed by atoms with Crippen molar-refractivity contribution in [3.63, 3.8) is 0 Å². The number of thioether (sulfide) groups is 1. The lowest BCUT2D eigenvalue weighted by atomic mass is 9.85. The third kappa shape index (κ3) is 1.45. The van der Waals surface area contributed by atoms with Crippen LogP contribution in [0.3, 0.4) is 0 Å². The standard InChI is InChI=1S/C12H12N2O2S/c1-17-10-6-12(11(15)13-7-14-12)8-4-2-3-5-9(8)16-10/h2-5,7,10H,6H2,1H3,(H,13,14,15). The van der Waals surface area contributed by atoms with Gasteiger partial charge < -0.3 is 10.1 Å². The highest BCUT2D eigenvalue weighted by Crippen LogP contribution is 2.45. The Labute approximate surface area is 103 Å². The summed E-state index contributed by atoms with van der Waals surface area (Å²) in [7, 11) is 0. The zero-order valence-electron chi connectivity index (χ0n) is 9.34. The number of ether oxygens (including phenoxy) is 1. The summed E-state index contributed by atoms with van der Waals surface area (Å²) in [5.74, 6) is 0.694. The minimum Gasteiger partial charge on any atom is -0.479 e. The first-order chi connectivity index (χ1) is 8.26. The van der Waals surface area contributed by atoms with Crippen molar-refractivity contribution >= 4 is 24.0 Å². The van der Waals surface area contributed by atoms with Gasteiger partial charge in [-0.05, 0) is 12.3 Å². The molecule has 0 fully saturated rings. The first-order valence-corrected chi connectivity index (χ1v) is 6.69. The van der Waals surface area contributed by atoms with E-state index in [1.54, 1.807) is 11.8 Å². The number of amides is 1. The molecule has 5 heteroatoms. The molecule has 0 saturated carbocycles. The van der Waals surface area contributed by atoms with Gasteiger partial charge in [-0.25, -0.2) is 0 Å². The van der Waals surface area contributed by atoms with E-state index in [4.69, 9.17) is 4.74 Å². The van der Waals surface area contributed by atoms with Crippen LogP contribution in [0.4, 0.5) is 0 Å². The summed E-state index contributed by atoms with van der Waals surface area (Å²) < 4.78 is 5.83. The largest absolute Gasteiger partial charge is 0.479 e. The summed E-state index contributed by atoms with van der Waals surface area (Å²) in [6.45, 7) is 0. The maximum absolute atomic E-state index is 12.1. The molecule has 1 N–H and O–H groups in total. The van der Waals surface area contributed by atoms with E-state index in [0.29, 0.717) is 6.42 Å². The fourth-order valence-electron chi connectivity index (χ4n) is 2.29. The Morgan fingerprint density at radius 1 is 1.53 bits per heavy atom. The second-order valence-electron chi connectivity index (χ2n) is 4.08. The molecule has 2 aliphatic rings. The number of para-hydroxylation sites is 1. The van der Waals surface area contributed by atoms with Gasteiger partial charge >= 0.3 is 0 Å². The van der Waals surface area contributed by atoms with Crippen molar-refractivity contribution in [2.75, 3.05) is 6.26 Å². The normalized spacial score (nSPS) is 29.9. The minimum absolute atomic E-state index is 0.0362. The minimum atomic E-state index is -0.789. The Hall–Kier alpha value is -1.49. The van der Waals surface area contributed by atoms with Crippen molar-refractivity contribution in [2.24, 2.45) is 4.99 Å². The van der Waals surface area contributed by atoms with Crippen LogP contribution >= 0.6 is 11.8 Å². The number of hydrogen-bond acceptors (Lipinski definition) is 4. The summed E-state index contributed by atoms with van der Waals surface area (Å²) in [5.41, 5.74) is 0.0325. The average molecular weight is 248 g/mol. The summed E-state index contributed by atoms with van der Waals surface area (Å²) in [5, 5.41) is 2.67. The van der Waals surface area contributed by atoms with Crippen molar-refractivity contribution in [1.82, 2.24) is 5.32 Å². The van der Waals surface area contributed by atoms with Gasteiger partial charge in [-0.1, -0.05) is 18.2 Å². The summed E-state index contributed by atoms with van der Waals surface area (Å²) in [6, 6.07) is 7.62. The second kappa shape index (κ2) is 3.77. The molecule has 17 heavy (non-hydrogen) atoms. The van der Waals surface area contributed by atoms with Crippen LogP contribution in [-0.4, -0.2) is 23.9 Å². The van der Waals surface area contributed by atoms with E-state index in [1.165, 1.54) is 6.34 Å². The average Bonchev–Trinajstić information content (AvgIpc) is 2.71. The number of rotatable bonds is 1. The molecule has 0 aromatic heterocycles. The molecule has 1 aromatic carbocycles. The van der Waals surface area contributed by atoms with E-state index in [-0.39, 0.29) is 11.3 Å². The summed E-state index contributed by atoms with van der Waals surface area (Å²) in [6.07, 6.45) is 4.04. The maximum atomic E-state index is 12.1. The molecule has 0 radical (unpaired) electrons. The number of nitrogens with one attached hydrogen (secondary N) is 1. The molecule has 0 saturated heterocycles. The van der Waals surface area contributed by atoms with Gasteiger partial charge in [-0.3, -0.25) is 9.79 Å². The van der Waals surface area contributed by atoms with Crippen molar-refractivity contribution in [3.05, 3.63) is 29.8 Å². The maximum Gasteiger partial charge on any atom is 0.257 e. The highest BCUT2D eigenvalue weighted by Gasteiger charge is 2.49. The molecule has 4 nitrogen and oxygen atoms in total. The predicted molar refractivity (Wildman–Crippen MR) is 67.3 cm³/mol. The molecular weight excluding hydrogens is 236 g/mol. The van der Waals surface area contributed by atoms with E-state index in [2.05, 4.69) is 10.3 Å². The molecule has 1 amide bonds. The molecule has 1 aromatic rings. The Morgan fingerprint density at radius 3 is 3.06 bits per heavy atom. The van der Waals surface area contributed by atoms with Gasteiger partial charge in [0.15, 0.2) is 5.54 Å². The van der Waals surface area contributed by atoms with E-state index in [9.17, 15) is 4.79 Å². The molecular formula is C12H12N2O2S. The molecule has 2 heterocycles. The number of aliphatic imine (C=N–C) groups is 1. The molecule has 0 bridgehead atoms. The first kappa shape index (κ1) is 10.7. The smallest absolute Gasteiger partial charge is 0.257 e. The number of fused-ring (bicyclic) bond motifs is 2. The Morgan fingerprint density at radius 2 is 2.35 bits per heavy atom. The molecule has 88 valence electrons. The lowest BCUT2D eigenvalue weighted by Crippen LogP contribution is -2.43. The van der Waals surface area contributed by atoms with Crippen LogP contribution in [0.2, 0.25) is 0 Å². The fraction of sp³-hybridized carbons (Fsp3) is 0.333. The first-order valence-electron chi connectivity index (χ1n) is 5.40. The van der Waals surface area contributed by atoms with Crippen LogP contribution in [-0.2, 0) is 10.3 Å². The van der Waals surface area contributed by atoms with E-state index >= 15 is 0 Å². The number of hydrogen-bond donors (Lipinski definition) is 1. The quantitative estimate of drug-likeness (QED) is 0.819. The highest BCUT2D eigenvalue weighted by atomic mass is 32.2. The zero-order chi connectivity index (χ0) is 11.9. The SMILES string of the molecule is CSC1CC2(N=CNC2=O)c2ccccc2O1. The molecule has 2 unspecified atom stereocenters. The monoisotopic (exact) mass is 248 g/mol. The van der Waals surface area contributed by atoms with Gasteiger partial charge in [0.05, 0.1) is 6.34 Å². The van der Waals surface area contributed by atoms with E-state index in [1.807, 2.05) is 30.5 Å². The van der Waals surface area contributed by atoms with Gasteiger partial charge in [0.25, 0.3) is 5.91 Å².